The Balaban J connectivity index is 1.66. The standard InChI is InChI=1S/C18H15ClN4O6S/c1-10-7-12(18(25)28-2)17(30-10)20-16(24)14-5-6-22(21-14)9-29-15-4-3-11(23(26)27)8-13(15)19/h3-8H,9H2,1-2H3,(H,20,24). The minimum absolute atomic E-state index is 0.0731. The highest BCUT2D eigenvalue weighted by Gasteiger charge is 2.19. The highest BCUT2D eigenvalue weighted by Crippen LogP contribution is 2.29. The van der Waals surface area contributed by atoms with Crippen LogP contribution in [0.4, 0.5) is 10.7 Å². The van der Waals surface area contributed by atoms with Crippen LogP contribution in [0.3, 0.4) is 0 Å². The van der Waals surface area contributed by atoms with E-state index in [2.05, 4.69) is 10.4 Å². The quantitative estimate of drug-likeness (QED) is 0.328. The number of halogens is 1. The number of hydrogen-bond acceptors (Lipinski definition) is 8. The summed E-state index contributed by atoms with van der Waals surface area (Å²) in [5.74, 6) is -0.816. The summed E-state index contributed by atoms with van der Waals surface area (Å²) < 4.78 is 11.6. The number of hydrogen-bond donors (Lipinski definition) is 1. The third-order valence-corrected chi connectivity index (χ3v) is 5.10. The summed E-state index contributed by atoms with van der Waals surface area (Å²) in [7, 11) is 1.26. The molecule has 12 heteroatoms. The lowest BCUT2D eigenvalue weighted by Crippen LogP contribution is -2.15. The molecule has 0 aliphatic carbocycles. The molecule has 0 unspecified atom stereocenters. The number of nitro benzene ring substituents is 1. The van der Waals surface area contributed by atoms with Gasteiger partial charge in [0.15, 0.2) is 12.4 Å². The molecule has 0 bridgehead atoms. The number of aryl methyl sites for hydroxylation is 1. The van der Waals surface area contributed by atoms with Gasteiger partial charge in [0.1, 0.15) is 10.8 Å². The molecule has 3 aromatic rings. The summed E-state index contributed by atoms with van der Waals surface area (Å²) in [6.07, 6.45) is 1.52. The number of anilines is 1. The number of non-ortho nitro benzene ring substituents is 1. The number of methoxy groups -OCH3 is 1. The molecule has 10 nitrogen and oxygen atoms in total. The highest BCUT2D eigenvalue weighted by atomic mass is 35.5. The van der Waals surface area contributed by atoms with Crippen LogP contribution >= 0.6 is 22.9 Å². The van der Waals surface area contributed by atoms with E-state index in [-0.39, 0.29) is 34.4 Å². The van der Waals surface area contributed by atoms with Crippen molar-refractivity contribution in [1.82, 2.24) is 9.78 Å². The van der Waals surface area contributed by atoms with Crippen molar-refractivity contribution in [2.24, 2.45) is 0 Å². The molecule has 1 N–H and O–H groups in total. The maximum Gasteiger partial charge on any atom is 0.340 e. The molecule has 0 fully saturated rings. The van der Waals surface area contributed by atoms with Crippen molar-refractivity contribution in [3.05, 3.63) is 67.8 Å². The van der Waals surface area contributed by atoms with Crippen LogP contribution in [0.5, 0.6) is 5.75 Å². The molecule has 3 rings (SSSR count). The maximum absolute atomic E-state index is 12.5. The van der Waals surface area contributed by atoms with Crippen LogP contribution < -0.4 is 10.1 Å². The van der Waals surface area contributed by atoms with Gasteiger partial charge < -0.3 is 14.8 Å². The summed E-state index contributed by atoms with van der Waals surface area (Å²) in [6, 6.07) is 6.94. The summed E-state index contributed by atoms with van der Waals surface area (Å²) in [6.45, 7) is 1.73. The first-order valence-corrected chi connectivity index (χ1v) is 9.58. The lowest BCUT2D eigenvalue weighted by atomic mass is 10.3. The van der Waals surface area contributed by atoms with Crippen LogP contribution in [0.15, 0.2) is 36.5 Å². The summed E-state index contributed by atoms with van der Waals surface area (Å²) >= 11 is 7.23. The molecule has 0 saturated carbocycles. The van der Waals surface area contributed by atoms with E-state index in [1.54, 1.807) is 6.07 Å². The van der Waals surface area contributed by atoms with Gasteiger partial charge in [0, 0.05) is 23.2 Å². The lowest BCUT2D eigenvalue weighted by molar-refractivity contribution is -0.384. The molecular weight excluding hydrogens is 436 g/mol. The van der Waals surface area contributed by atoms with E-state index in [1.807, 2.05) is 6.92 Å². The minimum Gasteiger partial charge on any atom is -0.470 e. The van der Waals surface area contributed by atoms with E-state index in [9.17, 15) is 19.7 Å². The number of carbonyl (C=O) groups is 2. The molecule has 1 amide bonds. The van der Waals surface area contributed by atoms with Crippen LogP contribution in [-0.2, 0) is 11.5 Å². The zero-order valence-corrected chi connectivity index (χ0v) is 17.3. The molecule has 0 spiro atoms. The van der Waals surface area contributed by atoms with Crippen LogP contribution in [0.25, 0.3) is 0 Å². The summed E-state index contributed by atoms with van der Waals surface area (Å²) in [5.41, 5.74) is 0.222. The van der Waals surface area contributed by atoms with Crippen molar-refractivity contribution < 1.29 is 24.0 Å². The largest absolute Gasteiger partial charge is 0.470 e. The van der Waals surface area contributed by atoms with E-state index in [0.717, 1.165) is 4.88 Å². The Hall–Kier alpha value is -3.44. The number of nitrogens with one attached hydrogen (secondary N) is 1. The fourth-order valence-corrected chi connectivity index (χ4v) is 3.57. The van der Waals surface area contributed by atoms with Crippen molar-refractivity contribution in [3.8, 4) is 5.75 Å². The van der Waals surface area contributed by atoms with Gasteiger partial charge in [-0.3, -0.25) is 14.9 Å². The Bertz CT molecular complexity index is 1130. The summed E-state index contributed by atoms with van der Waals surface area (Å²) in [4.78, 5) is 35.3. The second kappa shape index (κ2) is 8.93. The molecule has 0 radical (unpaired) electrons. The smallest absolute Gasteiger partial charge is 0.340 e. The molecular formula is C18H15ClN4O6S. The Kier molecular flexibility index (Phi) is 6.33. The number of thiophene rings is 1. The second-order valence-electron chi connectivity index (χ2n) is 5.93. The third-order valence-electron chi connectivity index (χ3n) is 3.84. The molecule has 0 aliphatic rings. The van der Waals surface area contributed by atoms with Gasteiger partial charge in [-0.1, -0.05) is 11.6 Å². The van der Waals surface area contributed by atoms with Crippen molar-refractivity contribution in [2.45, 2.75) is 13.7 Å². The zero-order chi connectivity index (χ0) is 21.8. The van der Waals surface area contributed by atoms with Gasteiger partial charge in [-0.25, -0.2) is 9.48 Å². The van der Waals surface area contributed by atoms with Crippen LogP contribution in [0.2, 0.25) is 5.02 Å². The van der Waals surface area contributed by atoms with Crippen molar-refractivity contribution in [1.29, 1.82) is 0 Å². The predicted molar refractivity (Wildman–Crippen MR) is 109 cm³/mol. The zero-order valence-electron chi connectivity index (χ0n) is 15.7. The lowest BCUT2D eigenvalue weighted by Gasteiger charge is -2.07. The SMILES string of the molecule is COC(=O)c1cc(C)sc1NC(=O)c1ccn(COc2ccc([N+](=O)[O-])cc2Cl)n1. The third kappa shape index (κ3) is 4.75. The molecule has 156 valence electrons. The first-order chi connectivity index (χ1) is 14.3. The number of esters is 1. The molecule has 0 aliphatic heterocycles. The van der Waals surface area contributed by atoms with E-state index in [0.29, 0.717) is 5.00 Å². The van der Waals surface area contributed by atoms with Gasteiger partial charge in [-0.2, -0.15) is 5.10 Å². The normalized spacial score (nSPS) is 10.5. The van der Waals surface area contributed by atoms with Crippen molar-refractivity contribution in [2.75, 3.05) is 12.4 Å². The average molecular weight is 451 g/mol. The Morgan fingerprint density at radius 1 is 1.33 bits per heavy atom. The average Bonchev–Trinajstić information content (AvgIpc) is 3.33. The fraction of sp³-hybridized carbons (Fsp3) is 0.167. The molecule has 2 aromatic heterocycles. The van der Waals surface area contributed by atoms with E-state index < -0.39 is 16.8 Å². The van der Waals surface area contributed by atoms with Crippen LogP contribution in [-0.4, -0.2) is 33.7 Å². The first kappa shape index (κ1) is 21.3. The van der Waals surface area contributed by atoms with Gasteiger partial charge in [0.05, 0.1) is 22.6 Å². The second-order valence-corrected chi connectivity index (χ2v) is 7.59. The topological polar surface area (TPSA) is 126 Å². The molecule has 0 atom stereocenters. The van der Waals surface area contributed by atoms with Gasteiger partial charge >= 0.3 is 5.97 Å². The van der Waals surface area contributed by atoms with Gasteiger partial charge in [-0.05, 0) is 25.1 Å². The van der Waals surface area contributed by atoms with E-state index >= 15 is 0 Å². The Morgan fingerprint density at radius 3 is 2.77 bits per heavy atom. The summed E-state index contributed by atoms with van der Waals surface area (Å²) in [5, 5.41) is 18.0. The van der Waals surface area contributed by atoms with Gasteiger partial charge in [0.2, 0.25) is 0 Å². The fourth-order valence-electron chi connectivity index (χ4n) is 2.45. The Morgan fingerprint density at radius 2 is 2.10 bits per heavy atom. The van der Waals surface area contributed by atoms with E-state index in [4.69, 9.17) is 21.1 Å². The number of rotatable bonds is 7. The number of carbonyl (C=O) groups excluding carboxylic acids is 2. The highest BCUT2D eigenvalue weighted by molar-refractivity contribution is 7.16. The van der Waals surface area contributed by atoms with Gasteiger partial charge in [-0.15, -0.1) is 11.3 Å². The van der Waals surface area contributed by atoms with Crippen LogP contribution in [0, 0.1) is 17.0 Å². The molecule has 0 saturated heterocycles. The minimum atomic E-state index is -0.561. The number of aromatic nitrogens is 2. The molecule has 2 heterocycles. The number of nitrogens with zero attached hydrogens (tertiary/aromatic N) is 3. The van der Waals surface area contributed by atoms with Crippen molar-refractivity contribution >= 4 is 45.5 Å². The molecule has 1 aromatic carbocycles. The van der Waals surface area contributed by atoms with Gasteiger partial charge in [0.25, 0.3) is 11.6 Å². The Labute approximate surface area is 179 Å². The number of ether oxygens (including phenoxy) is 2. The molecule has 30 heavy (non-hydrogen) atoms. The number of nitro groups is 1. The number of amides is 1. The number of benzene rings is 1. The first-order valence-electron chi connectivity index (χ1n) is 8.38. The predicted octanol–water partition coefficient (Wildman–Crippen LogP) is 3.89. The maximum atomic E-state index is 12.5. The monoisotopic (exact) mass is 450 g/mol. The van der Waals surface area contributed by atoms with Crippen LogP contribution in [0.1, 0.15) is 25.7 Å². The van der Waals surface area contributed by atoms with Crippen molar-refractivity contribution in [3.63, 3.8) is 0 Å². The van der Waals surface area contributed by atoms with E-state index in [1.165, 1.54) is 53.6 Å².